The quantitative estimate of drug-likeness (QED) is 0.181. The minimum atomic E-state index is -0.363. The SMILES string of the molecule is CC1(c2cccc3c2oc2ccc(N(c4ccc(-c5ccccc5)cc4)c4ccc5c(c4)oc4ccccc45)cc23)c2ccccc2-c2ccccc21. The Hall–Kier alpha value is -6.84. The Kier molecular flexibility index (Phi) is 6.38. The number of rotatable bonds is 5. The largest absolute Gasteiger partial charge is 0.456 e. The van der Waals surface area contributed by atoms with Gasteiger partial charge in [-0.1, -0.05) is 127 Å². The molecule has 0 fully saturated rings. The average Bonchev–Trinajstić information content (AvgIpc) is 3.87. The summed E-state index contributed by atoms with van der Waals surface area (Å²) in [5.74, 6) is 0. The number of fused-ring (bicyclic) bond motifs is 9. The van der Waals surface area contributed by atoms with Gasteiger partial charge in [0.25, 0.3) is 0 Å². The molecule has 0 atom stereocenters. The van der Waals surface area contributed by atoms with E-state index < -0.39 is 0 Å². The third-order valence-corrected chi connectivity index (χ3v) is 11.4. The molecule has 0 aliphatic heterocycles. The second-order valence-corrected chi connectivity index (χ2v) is 14.2. The standard InChI is InChI=1S/C50H33NO2/c1-50(43-18-8-5-14-37(43)38-15-6-9-19-44(38)50)45-20-11-17-41-42-30-35(27-29-47(42)53-49(41)45)51(34-24-22-33(23-25-34)32-12-3-2-4-13-32)36-26-28-40-39-16-7-10-21-46(39)52-48(40)31-36/h2-31H,1H3. The lowest BCUT2D eigenvalue weighted by molar-refractivity contribution is 0.638. The Bertz CT molecular complexity index is 2980. The first-order chi connectivity index (χ1) is 26.1. The second kappa shape index (κ2) is 11.3. The van der Waals surface area contributed by atoms with Crippen LogP contribution in [0.1, 0.15) is 23.6 Å². The van der Waals surface area contributed by atoms with E-state index >= 15 is 0 Å². The summed E-state index contributed by atoms with van der Waals surface area (Å²) in [6.07, 6.45) is 0. The van der Waals surface area contributed by atoms with Crippen molar-refractivity contribution in [2.24, 2.45) is 0 Å². The summed E-state index contributed by atoms with van der Waals surface area (Å²) >= 11 is 0. The van der Waals surface area contributed by atoms with Crippen molar-refractivity contribution in [3.8, 4) is 22.3 Å². The number of nitrogens with zero attached hydrogens (tertiary/aromatic N) is 1. The van der Waals surface area contributed by atoms with Crippen LogP contribution >= 0.6 is 0 Å². The minimum absolute atomic E-state index is 0.363. The van der Waals surface area contributed by atoms with Gasteiger partial charge in [-0.05, 0) is 88.8 Å². The lowest BCUT2D eigenvalue weighted by Gasteiger charge is -2.28. The molecule has 2 aromatic heterocycles. The van der Waals surface area contributed by atoms with Crippen LogP contribution < -0.4 is 4.90 Å². The van der Waals surface area contributed by atoms with Gasteiger partial charge in [-0.15, -0.1) is 0 Å². The van der Waals surface area contributed by atoms with Crippen LogP contribution in [0.3, 0.4) is 0 Å². The normalized spacial score (nSPS) is 13.2. The van der Waals surface area contributed by atoms with Crippen molar-refractivity contribution in [2.75, 3.05) is 4.90 Å². The Balaban J connectivity index is 1.10. The van der Waals surface area contributed by atoms with Crippen LogP contribution in [0.15, 0.2) is 191 Å². The molecule has 1 aliphatic carbocycles. The van der Waals surface area contributed by atoms with Crippen molar-refractivity contribution in [1.29, 1.82) is 0 Å². The summed E-state index contributed by atoms with van der Waals surface area (Å²) in [6.45, 7) is 2.35. The number of hydrogen-bond acceptors (Lipinski definition) is 3. The molecule has 10 aromatic rings. The first kappa shape index (κ1) is 29.8. The Morgan fingerprint density at radius 2 is 0.943 bits per heavy atom. The lowest BCUT2D eigenvalue weighted by atomic mass is 9.74. The van der Waals surface area contributed by atoms with Crippen LogP contribution in [0.2, 0.25) is 0 Å². The van der Waals surface area contributed by atoms with Crippen LogP contribution in [-0.2, 0) is 5.41 Å². The highest BCUT2D eigenvalue weighted by Gasteiger charge is 2.42. The summed E-state index contributed by atoms with van der Waals surface area (Å²) in [5.41, 5.74) is 15.0. The predicted molar refractivity (Wildman–Crippen MR) is 219 cm³/mol. The third-order valence-electron chi connectivity index (χ3n) is 11.4. The Labute approximate surface area is 307 Å². The molecular formula is C50H33NO2. The maximum atomic E-state index is 6.86. The smallest absolute Gasteiger partial charge is 0.139 e. The zero-order chi connectivity index (χ0) is 35.1. The number of benzene rings is 8. The molecule has 0 unspecified atom stereocenters. The summed E-state index contributed by atoms with van der Waals surface area (Å²) in [4.78, 5) is 2.31. The van der Waals surface area contributed by atoms with Gasteiger partial charge in [0.15, 0.2) is 0 Å². The van der Waals surface area contributed by atoms with Crippen LogP contribution in [0.25, 0.3) is 66.1 Å². The van der Waals surface area contributed by atoms with Gasteiger partial charge in [-0.2, -0.15) is 0 Å². The van der Waals surface area contributed by atoms with Gasteiger partial charge >= 0.3 is 0 Å². The van der Waals surface area contributed by atoms with Gasteiger partial charge in [-0.25, -0.2) is 0 Å². The summed E-state index contributed by atoms with van der Waals surface area (Å²) in [7, 11) is 0. The fraction of sp³-hybridized carbons (Fsp3) is 0.0400. The molecular weight excluding hydrogens is 647 g/mol. The van der Waals surface area contributed by atoms with Gasteiger partial charge < -0.3 is 13.7 Å². The predicted octanol–water partition coefficient (Wildman–Crippen LogP) is 14.0. The van der Waals surface area contributed by atoms with Crippen molar-refractivity contribution < 1.29 is 8.83 Å². The maximum absolute atomic E-state index is 6.86. The molecule has 11 rings (SSSR count). The van der Waals surface area contributed by atoms with Gasteiger partial charge in [0.05, 0.1) is 0 Å². The third kappa shape index (κ3) is 4.41. The molecule has 3 heteroatoms. The molecule has 8 aromatic carbocycles. The zero-order valence-electron chi connectivity index (χ0n) is 29.1. The molecule has 0 bridgehead atoms. The molecule has 1 aliphatic rings. The van der Waals surface area contributed by atoms with E-state index in [-0.39, 0.29) is 5.41 Å². The van der Waals surface area contributed by atoms with Gasteiger partial charge in [0, 0.05) is 55.7 Å². The van der Waals surface area contributed by atoms with Gasteiger partial charge in [0.1, 0.15) is 22.3 Å². The summed E-state index contributed by atoms with van der Waals surface area (Å²) in [6, 6.07) is 64.9. The van der Waals surface area contributed by atoms with Crippen LogP contribution in [-0.4, -0.2) is 0 Å². The molecule has 0 saturated carbocycles. The Morgan fingerprint density at radius 3 is 1.74 bits per heavy atom. The van der Waals surface area contributed by atoms with Gasteiger partial charge in [-0.3, -0.25) is 0 Å². The fourth-order valence-corrected chi connectivity index (χ4v) is 8.80. The molecule has 0 saturated heterocycles. The van der Waals surface area contributed by atoms with E-state index in [1.165, 1.54) is 38.9 Å². The fourth-order valence-electron chi connectivity index (χ4n) is 8.80. The van der Waals surface area contributed by atoms with Crippen molar-refractivity contribution in [2.45, 2.75) is 12.3 Å². The molecule has 3 nitrogen and oxygen atoms in total. The highest BCUT2D eigenvalue weighted by molar-refractivity contribution is 6.09. The van der Waals surface area contributed by atoms with Gasteiger partial charge in [0.2, 0.25) is 0 Å². The van der Waals surface area contributed by atoms with Crippen LogP contribution in [0, 0.1) is 0 Å². The van der Waals surface area contributed by atoms with Crippen LogP contribution in [0.5, 0.6) is 0 Å². The summed E-state index contributed by atoms with van der Waals surface area (Å²) in [5, 5.41) is 4.42. The van der Waals surface area contributed by atoms with E-state index in [4.69, 9.17) is 8.83 Å². The highest BCUT2D eigenvalue weighted by atomic mass is 16.3. The van der Waals surface area contributed by atoms with Crippen LogP contribution in [0.4, 0.5) is 17.1 Å². The molecule has 0 radical (unpaired) electrons. The number of hydrogen-bond donors (Lipinski definition) is 0. The molecule has 53 heavy (non-hydrogen) atoms. The van der Waals surface area contributed by atoms with E-state index in [9.17, 15) is 0 Å². The molecule has 0 N–H and O–H groups in total. The van der Waals surface area contributed by atoms with Crippen molar-refractivity contribution in [1.82, 2.24) is 0 Å². The molecule has 2 heterocycles. The first-order valence-corrected chi connectivity index (χ1v) is 18.2. The van der Waals surface area contributed by atoms with Crippen molar-refractivity contribution in [3.05, 3.63) is 199 Å². The second-order valence-electron chi connectivity index (χ2n) is 14.2. The topological polar surface area (TPSA) is 29.5 Å². The first-order valence-electron chi connectivity index (χ1n) is 18.2. The lowest BCUT2D eigenvalue weighted by Crippen LogP contribution is -2.22. The molecule has 0 spiro atoms. The average molecular weight is 680 g/mol. The number of anilines is 3. The van der Waals surface area contributed by atoms with E-state index in [0.29, 0.717) is 0 Å². The maximum Gasteiger partial charge on any atom is 0.139 e. The monoisotopic (exact) mass is 679 g/mol. The highest BCUT2D eigenvalue weighted by Crippen LogP contribution is 2.54. The minimum Gasteiger partial charge on any atom is -0.456 e. The summed E-state index contributed by atoms with van der Waals surface area (Å²) < 4.78 is 13.2. The number of para-hydroxylation sites is 2. The molecule has 250 valence electrons. The van der Waals surface area contributed by atoms with E-state index in [1.54, 1.807) is 0 Å². The Morgan fingerprint density at radius 1 is 0.377 bits per heavy atom. The van der Waals surface area contributed by atoms with Crippen molar-refractivity contribution in [3.63, 3.8) is 0 Å². The van der Waals surface area contributed by atoms with E-state index in [1.807, 2.05) is 12.1 Å². The van der Waals surface area contributed by atoms with E-state index in [2.05, 4.69) is 182 Å². The van der Waals surface area contributed by atoms with E-state index in [0.717, 1.165) is 60.9 Å². The van der Waals surface area contributed by atoms with Crippen molar-refractivity contribution >= 4 is 60.9 Å². The number of furan rings is 2. The molecule has 0 amide bonds. The zero-order valence-corrected chi connectivity index (χ0v) is 29.1.